The molecule has 3 heteroatoms. The summed E-state index contributed by atoms with van der Waals surface area (Å²) in [4.78, 5) is 14.4. The Morgan fingerprint density at radius 3 is 2.47 bits per heavy atom. The number of nitrogens with zero attached hydrogens (tertiary/aromatic N) is 1. The Hall–Kier alpha value is -0.570. The molecule has 0 aromatic rings. The van der Waals surface area contributed by atoms with E-state index in [2.05, 4.69) is 31.0 Å². The van der Waals surface area contributed by atoms with Crippen LogP contribution in [-0.2, 0) is 4.79 Å². The van der Waals surface area contributed by atoms with Gasteiger partial charge in [0.05, 0.1) is 12.2 Å². The number of amides is 1. The van der Waals surface area contributed by atoms with E-state index in [0.29, 0.717) is 12.1 Å². The summed E-state index contributed by atoms with van der Waals surface area (Å²) in [6, 6.07) is 0.0885. The van der Waals surface area contributed by atoms with E-state index in [1.54, 1.807) is 0 Å². The minimum Gasteiger partial charge on any atom is -0.326 e. The average Bonchev–Trinajstić information content (AvgIpc) is 2.92. The molecular weight excluding hydrogens is 212 g/mol. The van der Waals surface area contributed by atoms with E-state index in [-0.39, 0.29) is 6.04 Å². The first-order chi connectivity index (χ1) is 8.17. The van der Waals surface area contributed by atoms with Crippen molar-refractivity contribution in [1.29, 1.82) is 0 Å². The zero-order chi connectivity index (χ0) is 12.4. The summed E-state index contributed by atoms with van der Waals surface area (Å²) in [6.45, 7) is 7.61. The summed E-state index contributed by atoms with van der Waals surface area (Å²) >= 11 is 0. The SMILES string of the molecule is CCCC1NC(CCC)N(CC2CC2C)C1=O. The first-order valence-corrected chi connectivity index (χ1v) is 7.23. The maximum atomic E-state index is 12.3. The van der Waals surface area contributed by atoms with Gasteiger partial charge >= 0.3 is 0 Å². The van der Waals surface area contributed by atoms with Crippen molar-refractivity contribution >= 4 is 5.91 Å². The Morgan fingerprint density at radius 2 is 1.94 bits per heavy atom. The van der Waals surface area contributed by atoms with Gasteiger partial charge in [0.2, 0.25) is 5.91 Å². The standard InChI is InChI=1S/C14H26N2O/c1-4-6-12-14(17)16(9-11-8-10(11)3)13(15-12)7-5-2/h10-13,15H,4-9H2,1-3H3. The highest BCUT2D eigenvalue weighted by Gasteiger charge is 2.42. The van der Waals surface area contributed by atoms with Crippen LogP contribution in [0.5, 0.6) is 0 Å². The summed E-state index contributed by atoms with van der Waals surface area (Å²) in [7, 11) is 0. The highest BCUT2D eigenvalue weighted by molar-refractivity contribution is 5.84. The lowest BCUT2D eigenvalue weighted by Gasteiger charge is -2.23. The summed E-state index contributed by atoms with van der Waals surface area (Å²) in [5, 5.41) is 3.52. The highest BCUT2D eigenvalue weighted by Crippen LogP contribution is 2.39. The molecule has 1 saturated heterocycles. The molecule has 17 heavy (non-hydrogen) atoms. The topological polar surface area (TPSA) is 32.3 Å². The number of hydrogen-bond donors (Lipinski definition) is 1. The summed E-state index contributed by atoms with van der Waals surface area (Å²) in [5.74, 6) is 1.94. The highest BCUT2D eigenvalue weighted by atomic mass is 16.2. The monoisotopic (exact) mass is 238 g/mol. The molecule has 0 bridgehead atoms. The molecular formula is C14H26N2O. The number of carbonyl (C=O) groups is 1. The molecule has 2 fully saturated rings. The maximum Gasteiger partial charge on any atom is 0.241 e. The average molecular weight is 238 g/mol. The first-order valence-electron chi connectivity index (χ1n) is 7.23. The van der Waals surface area contributed by atoms with E-state index in [9.17, 15) is 4.79 Å². The fraction of sp³-hybridized carbons (Fsp3) is 0.929. The van der Waals surface area contributed by atoms with Gasteiger partial charge in [-0.05, 0) is 31.1 Å². The van der Waals surface area contributed by atoms with Crippen molar-refractivity contribution in [2.75, 3.05) is 6.54 Å². The minimum absolute atomic E-state index is 0.0885. The molecule has 0 radical (unpaired) electrons. The second-order valence-corrected chi connectivity index (χ2v) is 5.78. The van der Waals surface area contributed by atoms with Gasteiger partial charge in [-0.15, -0.1) is 0 Å². The van der Waals surface area contributed by atoms with Crippen molar-refractivity contribution < 1.29 is 4.79 Å². The largest absolute Gasteiger partial charge is 0.326 e. The van der Waals surface area contributed by atoms with Gasteiger partial charge in [-0.25, -0.2) is 0 Å². The van der Waals surface area contributed by atoms with Crippen LogP contribution in [0.1, 0.15) is 52.9 Å². The fourth-order valence-electron chi connectivity index (χ4n) is 2.88. The maximum absolute atomic E-state index is 12.3. The quantitative estimate of drug-likeness (QED) is 0.770. The zero-order valence-corrected chi connectivity index (χ0v) is 11.4. The van der Waals surface area contributed by atoms with Crippen LogP contribution < -0.4 is 5.32 Å². The van der Waals surface area contributed by atoms with Crippen molar-refractivity contribution in [3.05, 3.63) is 0 Å². The molecule has 1 aliphatic carbocycles. The van der Waals surface area contributed by atoms with Gasteiger partial charge in [-0.1, -0.05) is 33.6 Å². The summed E-state index contributed by atoms with van der Waals surface area (Å²) < 4.78 is 0. The molecule has 1 aliphatic heterocycles. The molecule has 1 heterocycles. The van der Waals surface area contributed by atoms with Gasteiger partial charge in [0, 0.05) is 6.54 Å². The molecule has 1 saturated carbocycles. The van der Waals surface area contributed by atoms with Crippen LogP contribution in [0.15, 0.2) is 0 Å². The van der Waals surface area contributed by atoms with Crippen LogP contribution in [0.4, 0.5) is 0 Å². The first kappa shape index (κ1) is 12.9. The van der Waals surface area contributed by atoms with Crippen LogP contribution in [0.25, 0.3) is 0 Å². The molecule has 0 aromatic carbocycles. The van der Waals surface area contributed by atoms with Gasteiger partial charge in [0.25, 0.3) is 0 Å². The third kappa shape index (κ3) is 2.82. The van der Waals surface area contributed by atoms with E-state index in [1.165, 1.54) is 6.42 Å². The van der Waals surface area contributed by atoms with Crippen molar-refractivity contribution in [2.24, 2.45) is 11.8 Å². The van der Waals surface area contributed by atoms with Crippen molar-refractivity contribution in [3.8, 4) is 0 Å². The normalized spacial score (nSPS) is 36.6. The van der Waals surface area contributed by atoms with Crippen molar-refractivity contribution in [2.45, 2.75) is 65.1 Å². The predicted octanol–water partition coefficient (Wildman–Crippen LogP) is 2.37. The van der Waals surface area contributed by atoms with E-state index in [1.807, 2.05) is 0 Å². The van der Waals surface area contributed by atoms with Crippen LogP contribution in [0, 0.1) is 11.8 Å². The molecule has 2 aliphatic rings. The van der Waals surface area contributed by atoms with Gasteiger partial charge in [-0.2, -0.15) is 0 Å². The molecule has 1 N–H and O–H groups in total. The third-order valence-electron chi connectivity index (χ3n) is 4.20. The Labute approximate surface area is 105 Å². The van der Waals surface area contributed by atoms with Gasteiger partial charge in [0.1, 0.15) is 0 Å². The smallest absolute Gasteiger partial charge is 0.241 e. The van der Waals surface area contributed by atoms with E-state index >= 15 is 0 Å². The molecule has 2 rings (SSSR count). The number of rotatable bonds is 6. The molecule has 0 aromatic heterocycles. The van der Waals surface area contributed by atoms with Crippen LogP contribution in [0.2, 0.25) is 0 Å². The molecule has 1 amide bonds. The third-order valence-corrected chi connectivity index (χ3v) is 4.20. The number of nitrogens with one attached hydrogen (secondary N) is 1. The molecule has 4 unspecified atom stereocenters. The second-order valence-electron chi connectivity index (χ2n) is 5.78. The van der Waals surface area contributed by atoms with E-state index in [0.717, 1.165) is 44.1 Å². The van der Waals surface area contributed by atoms with Gasteiger partial charge in [-0.3, -0.25) is 10.1 Å². The summed E-state index contributed by atoms with van der Waals surface area (Å²) in [5.41, 5.74) is 0. The summed E-state index contributed by atoms with van der Waals surface area (Å²) in [6.07, 6.45) is 5.90. The van der Waals surface area contributed by atoms with Gasteiger partial charge < -0.3 is 4.90 Å². The van der Waals surface area contributed by atoms with Crippen molar-refractivity contribution in [1.82, 2.24) is 10.2 Å². The van der Waals surface area contributed by atoms with E-state index in [4.69, 9.17) is 0 Å². The Morgan fingerprint density at radius 1 is 1.29 bits per heavy atom. The lowest BCUT2D eigenvalue weighted by molar-refractivity contribution is -0.130. The Balaban J connectivity index is 1.95. The van der Waals surface area contributed by atoms with Crippen molar-refractivity contribution in [3.63, 3.8) is 0 Å². The van der Waals surface area contributed by atoms with Crippen LogP contribution in [-0.4, -0.2) is 29.6 Å². The minimum atomic E-state index is 0.0885. The Kier molecular flexibility index (Phi) is 4.08. The number of carbonyl (C=O) groups excluding carboxylic acids is 1. The molecule has 4 atom stereocenters. The fourth-order valence-corrected chi connectivity index (χ4v) is 2.88. The van der Waals surface area contributed by atoms with Crippen LogP contribution in [0.3, 0.4) is 0 Å². The number of hydrogen-bond acceptors (Lipinski definition) is 2. The molecule has 3 nitrogen and oxygen atoms in total. The lowest BCUT2D eigenvalue weighted by Crippen LogP contribution is -2.38. The Bertz CT molecular complexity index is 279. The van der Waals surface area contributed by atoms with E-state index < -0.39 is 0 Å². The molecule has 98 valence electrons. The lowest BCUT2D eigenvalue weighted by atomic mass is 10.1. The predicted molar refractivity (Wildman–Crippen MR) is 69.5 cm³/mol. The molecule has 0 spiro atoms. The zero-order valence-electron chi connectivity index (χ0n) is 11.4. The second kappa shape index (κ2) is 5.38. The van der Waals surface area contributed by atoms with Gasteiger partial charge in [0.15, 0.2) is 0 Å². The van der Waals surface area contributed by atoms with Crippen LogP contribution >= 0.6 is 0 Å².